The molecule has 0 aliphatic heterocycles. The number of halogens is 2. The highest BCUT2D eigenvalue weighted by Crippen LogP contribution is 2.26. The van der Waals surface area contributed by atoms with Gasteiger partial charge in [0.15, 0.2) is 0 Å². The molecule has 0 aliphatic rings. The van der Waals surface area contributed by atoms with Gasteiger partial charge in [0.2, 0.25) is 10.0 Å². The average molecular weight is 401 g/mol. The molecule has 8 heteroatoms. The van der Waals surface area contributed by atoms with Crippen LogP contribution in [-0.2, 0) is 16.6 Å². The van der Waals surface area contributed by atoms with Crippen LogP contribution < -0.4 is 4.72 Å². The van der Waals surface area contributed by atoms with Crippen molar-refractivity contribution in [1.82, 2.24) is 9.71 Å². The number of pyridine rings is 1. The SMILES string of the molecule is O=S(=O)(NCc1ccnc2c(F)cccc12)c1ccc(Br)s1. The van der Waals surface area contributed by atoms with Gasteiger partial charge < -0.3 is 0 Å². The lowest BCUT2D eigenvalue weighted by Crippen LogP contribution is -2.22. The molecule has 22 heavy (non-hydrogen) atoms. The molecule has 1 aromatic carbocycles. The third kappa shape index (κ3) is 3.05. The lowest BCUT2D eigenvalue weighted by atomic mass is 10.1. The van der Waals surface area contributed by atoms with Crippen molar-refractivity contribution in [3.8, 4) is 0 Å². The van der Waals surface area contributed by atoms with Crippen LogP contribution >= 0.6 is 27.3 Å². The van der Waals surface area contributed by atoms with Crippen molar-refractivity contribution in [1.29, 1.82) is 0 Å². The number of rotatable bonds is 4. The molecule has 0 atom stereocenters. The molecule has 4 nitrogen and oxygen atoms in total. The van der Waals surface area contributed by atoms with E-state index >= 15 is 0 Å². The Morgan fingerprint density at radius 2 is 2.05 bits per heavy atom. The van der Waals surface area contributed by atoms with Gasteiger partial charge in [-0.25, -0.2) is 17.5 Å². The molecule has 0 bridgehead atoms. The van der Waals surface area contributed by atoms with Crippen LogP contribution in [0.15, 0.2) is 50.6 Å². The Labute approximate surface area is 139 Å². The summed E-state index contributed by atoms with van der Waals surface area (Å²) in [6, 6.07) is 9.50. The first kappa shape index (κ1) is 15.5. The van der Waals surface area contributed by atoms with Crippen molar-refractivity contribution in [3.63, 3.8) is 0 Å². The Balaban J connectivity index is 1.90. The number of thiophene rings is 1. The molecule has 0 fully saturated rings. The predicted molar refractivity (Wildman–Crippen MR) is 87.7 cm³/mol. The predicted octanol–water partition coefficient (Wildman–Crippen LogP) is 3.68. The van der Waals surface area contributed by atoms with Crippen LogP contribution in [0.5, 0.6) is 0 Å². The van der Waals surface area contributed by atoms with E-state index in [2.05, 4.69) is 25.6 Å². The van der Waals surface area contributed by atoms with Gasteiger partial charge >= 0.3 is 0 Å². The molecule has 2 aromatic heterocycles. The first-order chi connectivity index (χ1) is 10.5. The molecule has 3 aromatic rings. The number of benzene rings is 1. The van der Waals surface area contributed by atoms with Crippen molar-refractivity contribution in [2.45, 2.75) is 10.8 Å². The Bertz CT molecular complexity index is 941. The van der Waals surface area contributed by atoms with E-state index in [9.17, 15) is 12.8 Å². The second-order valence-electron chi connectivity index (χ2n) is 4.49. The number of aromatic nitrogens is 1. The second kappa shape index (κ2) is 6.04. The zero-order valence-electron chi connectivity index (χ0n) is 11.1. The molecule has 114 valence electrons. The van der Waals surface area contributed by atoms with Crippen molar-refractivity contribution in [3.05, 3.63) is 57.8 Å². The molecule has 0 saturated heterocycles. The topological polar surface area (TPSA) is 59.1 Å². The van der Waals surface area contributed by atoms with Gasteiger partial charge in [-0.05, 0) is 45.8 Å². The monoisotopic (exact) mass is 400 g/mol. The lowest BCUT2D eigenvalue weighted by Gasteiger charge is -2.08. The van der Waals surface area contributed by atoms with E-state index in [1.165, 1.54) is 18.3 Å². The van der Waals surface area contributed by atoms with E-state index in [-0.39, 0.29) is 16.3 Å². The van der Waals surface area contributed by atoms with Gasteiger partial charge in [-0.2, -0.15) is 0 Å². The first-order valence-corrected chi connectivity index (χ1v) is 9.34. The van der Waals surface area contributed by atoms with Crippen molar-refractivity contribution < 1.29 is 12.8 Å². The molecule has 1 N–H and O–H groups in total. The first-order valence-electron chi connectivity index (χ1n) is 6.24. The maximum atomic E-state index is 13.7. The largest absolute Gasteiger partial charge is 0.253 e. The summed E-state index contributed by atoms with van der Waals surface area (Å²) in [7, 11) is -3.59. The van der Waals surface area contributed by atoms with Gasteiger partial charge in [0, 0.05) is 18.1 Å². The van der Waals surface area contributed by atoms with E-state index < -0.39 is 15.8 Å². The molecular weight excluding hydrogens is 391 g/mol. The lowest BCUT2D eigenvalue weighted by molar-refractivity contribution is 0.583. The number of fused-ring (bicyclic) bond motifs is 1. The number of hydrogen-bond acceptors (Lipinski definition) is 4. The fourth-order valence-corrected chi connectivity index (χ4v) is 5.10. The Hall–Kier alpha value is -1.35. The summed E-state index contributed by atoms with van der Waals surface area (Å²) < 4.78 is 41.6. The molecule has 2 heterocycles. The van der Waals surface area contributed by atoms with Crippen molar-refractivity contribution in [2.24, 2.45) is 0 Å². The highest BCUT2D eigenvalue weighted by atomic mass is 79.9. The summed E-state index contributed by atoms with van der Waals surface area (Å²) >= 11 is 4.37. The molecule has 0 unspecified atom stereocenters. The zero-order valence-corrected chi connectivity index (χ0v) is 14.3. The van der Waals surface area contributed by atoms with Crippen LogP contribution in [0.1, 0.15) is 5.56 Å². The van der Waals surface area contributed by atoms with E-state index in [1.807, 2.05) is 0 Å². The van der Waals surface area contributed by atoms with Crippen LogP contribution in [0.3, 0.4) is 0 Å². The highest BCUT2D eigenvalue weighted by Gasteiger charge is 2.17. The van der Waals surface area contributed by atoms with Gasteiger partial charge in [0.25, 0.3) is 0 Å². The molecule has 0 radical (unpaired) electrons. The van der Waals surface area contributed by atoms with Crippen LogP contribution in [0, 0.1) is 5.82 Å². The zero-order chi connectivity index (χ0) is 15.7. The number of nitrogens with one attached hydrogen (secondary N) is 1. The smallest absolute Gasteiger partial charge is 0.250 e. The summed E-state index contributed by atoms with van der Waals surface area (Å²) in [4.78, 5) is 3.99. The minimum absolute atomic E-state index is 0.0698. The summed E-state index contributed by atoms with van der Waals surface area (Å²) in [6.07, 6.45) is 1.47. The quantitative estimate of drug-likeness (QED) is 0.726. The maximum absolute atomic E-state index is 13.7. The van der Waals surface area contributed by atoms with E-state index in [4.69, 9.17) is 0 Å². The third-order valence-electron chi connectivity index (χ3n) is 3.08. The molecule has 3 rings (SSSR count). The molecule has 0 aliphatic carbocycles. The van der Waals surface area contributed by atoms with E-state index in [0.29, 0.717) is 10.9 Å². The Morgan fingerprint density at radius 1 is 1.23 bits per heavy atom. The van der Waals surface area contributed by atoms with Crippen molar-refractivity contribution in [2.75, 3.05) is 0 Å². The second-order valence-corrected chi connectivity index (χ2v) is 8.95. The van der Waals surface area contributed by atoms with Gasteiger partial charge in [-0.15, -0.1) is 11.3 Å². The highest BCUT2D eigenvalue weighted by molar-refractivity contribution is 9.11. The van der Waals surface area contributed by atoms with E-state index in [0.717, 1.165) is 15.1 Å². The van der Waals surface area contributed by atoms with Gasteiger partial charge in [0.1, 0.15) is 15.5 Å². The summed E-state index contributed by atoms with van der Waals surface area (Å²) in [5, 5.41) is 0.595. The van der Waals surface area contributed by atoms with Gasteiger partial charge in [0.05, 0.1) is 3.79 Å². The van der Waals surface area contributed by atoms with E-state index in [1.54, 1.807) is 24.3 Å². The Kier molecular flexibility index (Phi) is 4.26. The summed E-state index contributed by atoms with van der Waals surface area (Å²) in [5.74, 6) is -0.426. The molecule has 0 saturated carbocycles. The summed E-state index contributed by atoms with van der Waals surface area (Å²) in [5.41, 5.74) is 0.904. The molecular formula is C14H10BrFN2O2S2. The summed E-state index contributed by atoms with van der Waals surface area (Å²) in [6.45, 7) is 0.0698. The number of sulfonamides is 1. The standard InChI is InChI=1S/C14H10BrFN2O2S2/c15-12-4-5-13(21-12)22(19,20)18-8-9-6-7-17-14-10(9)2-1-3-11(14)16/h1-7,18H,8H2. The van der Waals surface area contributed by atoms with Crippen molar-refractivity contribution >= 4 is 48.2 Å². The van der Waals surface area contributed by atoms with Crippen LogP contribution in [-0.4, -0.2) is 13.4 Å². The van der Waals surface area contributed by atoms with Crippen LogP contribution in [0.25, 0.3) is 10.9 Å². The molecule has 0 amide bonds. The Morgan fingerprint density at radius 3 is 2.77 bits per heavy atom. The number of para-hydroxylation sites is 1. The number of nitrogens with zero attached hydrogens (tertiary/aromatic N) is 1. The minimum atomic E-state index is -3.59. The number of hydrogen-bond donors (Lipinski definition) is 1. The average Bonchev–Trinajstić information content (AvgIpc) is 2.93. The molecule has 0 spiro atoms. The maximum Gasteiger partial charge on any atom is 0.250 e. The fraction of sp³-hybridized carbons (Fsp3) is 0.0714. The van der Waals surface area contributed by atoms with Crippen LogP contribution in [0.4, 0.5) is 4.39 Å². The van der Waals surface area contributed by atoms with Crippen LogP contribution in [0.2, 0.25) is 0 Å². The third-order valence-corrected chi connectivity index (χ3v) is 6.59. The van der Waals surface area contributed by atoms with Gasteiger partial charge in [-0.3, -0.25) is 4.98 Å². The fourth-order valence-electron chi connectivity index (χ4n) is 2.04. The normalized spacial score (nSPS) is 11.9. The van der Waals surface area contributed by atoms with Gasteiger partial charge in [-0.1, -0.05) is 12.1 Å². The minimum Gasteiger partial charge on any atom is -0.253 e.